The summed E-state index contributed by atoms with van der Waals surface area (Å²) in [6, 6.07) is 3.97. The Labute approximate surface area is 135 Å². The van der Waals surface area contributed by atoms with Gasteiger partial charge in [0.2, 0.25) is 0 Å². The lowest BCUT2D eigenvalue weighted by Crippen LogP contribution is -2.13. The van der Waals surface area contributed by atoms with Crippen LogP contribution in [-0.2, 0) is 0 Å². The van der Waals surface area contributed by atoms with Crippen molar-refractivity contribution in [3.05, 3.63) is 50.5 Å². The molecule has 5 heteroatoms. The number of nitrogens with zero attached hydrogens (tertiary/aromatic N) is 2. The van der Waals surface area contributed by atoms with Gasteiger partial charge in [-0.05, 0) is 63.4 Å². The number of hydrogen-bond donors (Lipinski definition) is 1. The molecule has 0 fully saturated rings. The summed E-state index contributed by atoms with van der Waals surface area (Å²) >= 11 is 12.1. The summed E-state index contributed by atoms with van der Waals surface area (Å²) in [6.07, 6.45) is 0. The van der Waals surface area contributed by atoms with Gasteiger partial charge in [0, 0.05) is 11.4 Å². The molecule has 1 N–H and O–H groups in total. The topological polar surface area (TPSA) is 37.8 Å². The summed E-state index contributed by atoms with van der Waals surface area (Å²) in [6.45, 7) is 10.2. The number of anilines is 1. The highest BCUT2D eigenvalue weighted by Crippen LogP contribution is 2.31. The molecule has 0 spiro atoms. The summed E-state index contributed by atoms with van der Waals surface area (Å²) in [7, 11) is 0. The second-order valence-corrected chi connectivity index (χ2v) is 6.12. The van der Waals surface area contributed by atoms with Crippen molar-refractivity contribution in [3.8, 4) is 0 Å². The molecule has 0 aromatic carbocycles. The Morgan fingerprint density at radius 1 is 1.00 bits per heavy atom. The molecule has 3 nitrogen and oxygen atoms in total. The maximum Gasteiger partial charge on any atom is 0.154 e. The molecular formula is C16H19Cl2N3. The number of halogens is 2. The minimum atomic E-state index is 0.0808. The van der Waals surface area contributed by atoms with E-state index in [0.717, 1.165) is 22.6 Å². The highest BCUT2D eigenvalue weighted by molar-refractivity contribution is 6.34. The first-order valence-corrected chi connectivity index (χ1v) is 7.59. The van der Waals surface area contributed by atoms with Gasteiger partial charge >= 0.3 is 0 Å². The van der Waals surface area contributed by atoms with E-state index in [1.807, 2.05) is 20.8 Å². The minimum Gasteiger partial charge on any atom is -0.376 e. The van der Waals surface area contributed by atoms with E-state index in [0.29, 0.717) is 10.3 Å². The van der Waals surface area contributed by atoms with E-state index in [4.69, 9.17) is 23.2 Å². The summed E-state index contributed by atoms with van der Waals surface area (Å²) in [5, 5.41) is 4.22. The Morgan fingerprint density at radius 3 is 2.24 bits per heavy atom. The average molecular weight is 324 g/mol. The fraction of sp³-hybridized carbons (Fsp3) is 0.375. The molecule has 2 aromatic rings. The maximum atomic E-state index is 6.20. The summed E-state index contributed by atoms with van der Waals surface area (Å²) in [5.41, 5.74) is 6.25. The lowest BCUT2D eigenvalue weighted by Gasteiger charge is -2.21. The third-order valence-corrected chi connectivity index (χ3v) is 3.99. The van der Waals surface area contributed by atoms with Crippen molar-refractivity contribution in [1.29, 1.82) is 0 Å². The largest absolute Gasteiger partial charge is 0.376 e. The van der Waals surface area contributed by atoms with E-state index < -0.39 is 0 Å². The highest BCUT2D eigenvalue weighted by Gasteiger charge is 2.16. The normalized spacial score (nSPS) is 12.3. The molecule has 1 unspecified atom stereocenters. The Kier molecular flexibility index (Phi) is 4.74. The van der Waals surface area contributed by atoms with Gasteiger partial charge in [-0.3, -0.25) is 4.98 Å². The van der Waals surface area contributed by atoms with Crippen molar-refractivity contribution in [3.63, 3.8) is 0 Å². The molecule has 112 valence electrons. The molecule has 1 atom stereocenters. The molecule has 0 bridgehead atoms. The minimum absolute atomic E-state index is 0.0808. The van der Waals surface area contributed by atoms with Crippen LogP contribution in [0.3, 0.4) is 0 Å². The van der Waals surface area contributed by atoms with Gasteiger partial charge in [-0.25, -0.2) is 4.98 Å². The van der Waals surface area contributed by atoms with E-state index in [1.165, 1.54) is 11.1 Å². The van der Waals surface area contributed by atoms with Gasteiger partial charge in [-0.1, -0.05) is 23.2 Å². The fourth-order valence-electron chi connectivity index (χ4n) is 2.75. The third-order valence-electron chi connectivity index (χ3n) is 3.52. The second kappa shape index (κ2) is 6.20. The Morgan fingerprint density at radius 2 is 1.67 bits per heavy atom. The summed E-state index contributed by atoms with van der Waals surface area (Å²) < 4.78 is 0. The predicted molar refractivity (Wildman–Crippen MR) is 89.5 cm³/mol. The number of pyridine rings is 2. The second-order valence-electron chi connectivity index (χ2n) is 5.37. The van der Waals surface area contributed by atoms with E-state index in [1.54, 1.807) is 6.07 Å². The lowest BCUT2D eigenvalue weighted by atomic mass is 10.00. The van der Waals surface area contributed by atoms with Crippen LogP contribution in [-0.4, -0.2) is 9.97 Å². The molecule has 0 aliphatic rings. The Bertz CT molecular complexity index is 637. The molecule has 2 aromatic heterocycles. The van der Waals surface area contributed by atoms with Gasteiger partial charge in [0.15, 0.2) is 5.15 Å². The zero-order valence-electron chi connectivity index (χ0n) is 12.9. The van der Waals surface area contributed by atoms with Crippen molar-refractivity contribution < 1.29 is 0 Å². The van der Waals surface area contributed by atoms with Gasteiger partial charge in [-0.2, -0.15) is 0 Å². The van der Waals surface area contributed by atoms with Crippen LogP contribution in [0.25, 0.3) is 0 Å². The monoisotopic (exact) mass is 323 g/mol. The first-order valence-electron chi connectivity index (χ1n) is 6.83. The van der Waals surface area contributed by atoms with Crippen molar-refractivity contribution in [1.82, 2.24) is 9.97 Å². The molecule has 0 amide bonds. The Balaban J connectivity index is 2.37. The van der Waals surface area contributed by atoms with Crippen LogP contribution in [0.5, 0.6) is 0 Å². The molecule has 0 saturated heterocycles. The molecule has 2 rings (SSSR count). The average Bonchev–Trinajstić information content (AvgIpc) is 2.32. The summed E-state index contributed by atoms with van der Waals surface area (Å²) in [4.78, 5) is 8.64. The standard InChI is InChI=1S/C16H19Cl2N3/c1-8-6-10(3)19-11(4)14(8)12(5)20-15-9(2)7-13(17)21-16(15)18/h6-7,12,20H,1-5H3. The van der Waals surface area contributed by atoms with Crippen LogP contribution < -0.4 is 5.32 Å². The number of aryl methyl sites for hydroxylation is 4. The first kappa shape index (κ1) is 16.1. The van der Waals surface area contributed by atoms with Crippen LogP contribution >= 0.6 is 23.2 Å². The van der Waals surface area contributed by atoms with Crippen molar-refractivity contribution in [2.24, 2.45) is 0 Å². The molecule has 0 saturated carbocycles. The molecule has 0 radical (unpaired) electrons. The smallest absolute Gasteiger partial charge is 0.154 e. The van der Waals surface area contributed by atoms with E-state index in [-0.39, 0.29) is 6.04 Å². The van der Waals surface area contributed by atoms with Crippen LogP contribution in [0, 0.1) is 27.7 Å². The Hall–Kier alpha value is -1.32. The van der Waals surface area contributed by atoms with Gasteiger partial charge in [0.1, 0.15) is 5.15 Å². The predicted octanol–water partition coefficient (Wildman–Crippen LogP) is 5.19. The zero-order valence-corrected chi connectivity index (χ0v) is 14.4. The number of aromatic nitrogens is 2. The van der Waals surface area contributed by atoms with E-state index >= 15 is 0 Å². The van der Waals surface area contributed by atoms with E-state index in [2.05, 4.69) is 35.2 Å². The third kappa shape index (κ3) is 3.47. The van der Waals surface area contributed by atoms with Crippen molar-refractivity contribution in [2.45, 2.75) is 40.7 Å². The van der Waals surface area contributed by atoms with Crippen molar-refractivity contribution >= 4 is 28.9 Å². The molecule has 0 aliphatic carbocycles. The SMILES string of the molecule is Cc1cc(C)c(C(C)Nc2c(C)cc(Cl)nc2Cl)c(C)n1. The molecular weight excluding hydrogens is 305 g/mol. The fourth-order valence-corrected chi connectivity index (χ4v) is 3.33. The molecule has 2 heterocycles. The van der Waals surface area contributed by atoms with Crippen LogP contribution in [0.1, 0.15) is 41.0 Å². The number of rotatable bonds is 3. The van der Waals surface area contributed by atoms with Crippen LogP contribution in [0.2, 0.25) is 10.3 Å². The van der Waals surface area contributed by atoms with Gasteiger partial charge in [0.25, 0.3) is 0 Å². The number of hydrogen-bond acceptors (Lipinski definition) is 3. The lowest BCUT2D eigenvalue weighted by molar-refractivity contribution is 0.840. The highest BCUT2D eigenvalue weighted by atomic mass is 35.5. The quantitative estimate of drug-likeness (QED) is 0.790. The van der Waals surface area contributed by atoms with Crippen LogP contribution in [0.4, 0.5) is 5.69 Å². The van der Waals surface area contributed by atoms with Crippen LogP contribution in [0.15, 0.2) is 12.1 Å². The number of nitrogens with one attached hydrogen (secondary N) is 1. The van der Waals surface area contributed by atoms with Gasteiger partial charge < -0.3 is 5.32 Å². The van der Waals surface area contributed by atoms with Gasteiger partial charge in [-0.15, -0.1) is 0 Å². The first-order chi connectivity index (χ1) is 9.79. The summed E-state index contributed by atoms with van der Waals surface area (Å²) in [5.74, 6) is 0. The van der Waals surface area contributed by atoms with Crippen molar-refractivity contribution in [2.75, 3.05) is 5.32 Å². The van der Waals surface area contributed by atoms with Gasteiger partial charge in [0.05, 0.1) is 11.7 Å². The van der Waals surface area contributed by atoms with E-state index in [9.17, 15) is 0 Å². The molecule has 21 heavy (non-hydrogen) atoms. The molecule has 0 aliphatic heterocycles. The zero-order chi connectivity index (χ0) is 15.7. The maximum absolute atomic E-state index is 6.20.